The van der Waals surface area contributed by atoms with E-state index in [1.807, 2.05) is 0 Å². The van der Waals surface area contributed by atoms with Gasteiger partial charge in [-0.25, -0.2) is 13.6 Å². The zero-order chi connectivity index (χ0) is 20.9. The van der Waals surface area contributed by atoms with E-state index >= 15 is 0 Å². The largest absolute Gasteiger partial charge is 0.469 e. The third-order valence-electron chi connectivity index (χ3n) is 5.27. The lowest BCUT2D eigenvalue weighted by Gasteiger charge is -2.30. The molecule has 0 spiro atoms. The molecule has 8 heteroatoms. The summed E-state index contributed by atoms with van der Waals surface area (Å²) in [6.07, 6.45) is -0.803. The van der Waals surface area contributed by atoms with Gasteiger partial charge in [0.25, 0.3) is 0 Å². The fourth-order valence-corrected chi connectivity index (χ4v) is 4.04. The van der Waals surface area contributed by atoms with Gasteiger partial charge in [-0.15, -0.1) is 0 Å². The maximum Gasteiger partial charge on any atom is 0.410 e. The number of amides is 1. The summed E-state index contributed by atoms with van der Waals surface area (Å²) in [7, 11) is 1.17. The first kappa shape index (κ1) is 20.2. The first-order valence-electron chi connectivity index (χ1n) is 9.03. The predicted octanol–water partition coefficient (Wildman–Crippen LogP) is 2.97. The van der Waals surface area contributed by atoms with Crippen LogP contribution in [0.25, 0.3) is 0 Å². The number of ether oxygens (including phenoxy) is 2. The number of ketones is 1. The number of piperidine rings is 1. The molecule has 1 heterocycles. The molecule has 1 saturated heterocycles. The standard InChI is InChI=1S/C20H23F2NO5/c1-19(2,3)28-18(26)23-10-20(12-7-11(21)5-6-14(12)22)9-13(20)17(23)15(24)8-16(25)27-4/h5-7,13,17H,8-10H2,1-4H3. The van der Waals surface area contributed by atoms with Gasteiger partial charge in [-0.3, -0.25) is 14.5 Å². The molecule has 6 nitrogen and oxygen atoms in total. The number of carbonyl (C=O) groups excluding carboxylic acids is 3. The molecule has 2 fully saturated rings. The lowest BCUT2D eigenvalue weighted by molar-refractivity contribution is -0.144. The van der Waals surface area contributed by atoms with Crippen molar-refractivity contribution < 1.29 is 32.6 Å². The number of benzene rings is 1. The minimum atomic E-state index is -0.948. The quantitative estimate of drug-likeness (QED) is 0.579. The molecule has 1 aliphatic heterocycles. The molecule has 3 rings (SSSR count). The van der Waals surface area contributed by atoms with Gasteiger partial charge in [0.1, 0.15) is 23.7 Å². The highest BCUT2D eigenvalue weighted by molar-refractivity contribution is 6.00. The normalized spacial score (nSPS) is 25.9. The number of hydrogen-bond donors (Lipinski definition) is 0. The van der Waals surface area contributed by atoms with Crippen LogP contribution in [0.2, 0.25) is 0 Å². The summed E-state index contributed by atoms with van der Waals surface area (Å²) in [5.74, 6) is -2.81. The predicted molar refractivity (Wildman–Crippen MR) is 94.5 cm³/mol. The van der Waals surface area contributed by atoms with Gasteiger partial charge in [0.2, 0.25) is 0 Å². The molecule has 3 unspecified atom stereocenters. The maximum absolute atomic E-state index is 14.4. The Kier molecular flexibility index (Phi) is 4.93. The van der Waals surface area contributed by atoms with Gasteiger partial charge in [0.05, 0.1) is 13.2 Å². The second kappa shape index (κ2) is 6.83. The van der Waals surface area contributed by atoms with Crippen LogP contribution in [0, 0.1) is 17.6 Å². The van der Waals surface area contributed by atoms with Crippen molar-refractivity contribution in [3.63, 3.8) is 0 Å². The monoisotopic (exact) mass is 395 g/mol. The molecule has 1 saturated carbocycles. The van der Waals surface area contributed by atoms with Crippen molar-refractivity contribution in [2.45, 2.75) is 50.7 Å². The number of likely N-dealkylation sites (tertiary alicyclic amines) is 1. The molecule has 1 amide bonds. The number of nitrogens with zero attached hydrogens (tertiary/aromatic N) is 1. The maximum atomic E-state index is 14.4. The number of hydrogen-bond acceptors (Lipinski definition) is 5. The van der Waals surface area contributed by atoms with Crippen LogP contribution in [0.5, 0.6) is 0 Å². The number of Topliss-reactive ketones (excluding diaryl/α,β-unsaturated/α-hetero) is 1. The molecule has 1 aromatic carbocycles. The van der Waals surface area contributed by atoms with Crippen LogP contribution in [-0.4, -0.2) is 48.0 Å². The summed E-state index contributed by atoms with van der Waals surface area (Å²) in [6.45, 7) is 5.09. The van der Waals surface area contributed by atoms with Gasteiger partial charge in [-0.2, -0.15) is 0 Å². The van der Waals surface area contributed by atoms with Crippen LogP contribution < -0.4 is 0 Å². The average molecular weight is 395 g/mol. The third-order valence-corrected chi connectivity index (χ3v) is 5.27. The zero-order valence-corrected chi connectivity index (χ0v) is 16.3. The van der Waals surface area contributed by atoms with E-state index in [2.05, 4.69) is 4.74 Å². The van der Waals surface area contributed by atoms with Crippen molar-refractivity contribution in [1.29, 1.82) is 0 Å². The van der Waals surface area contributed by atoms with Crippen LogP contribution in [0.1, 0.15) is 39.2 Å². The highest BCUT2D eigenvalue weighted by Crippen LogP contribution is 2.63. The van der Waals surface area contributed by atoms with Crippen LogP contribution in [0.3, 0.4) is 0 Å². The molecule has 0 aromatic heterocycles. The number of carbonyl (C=O) groups is 3. The van der Waals surface area contributed by atoms with Crippen molar-refractivity contribution in [2.24, 2.45) is 5.92 Å². The highest BCUT2D eigenvalue weighted by atomic mass is 19.1. The molecule has 0 radical (unpaired) electrons. The van der Waals surface area contributed by atoms with E-state index in [1.165, 1.54) is 12.0 Å². The first-order valence-corrected chi connectivity index (χ1v) is 9.03. The minimum Gasteiger partial charge on any atom is -0.469 e. The number of halogens is 2. The Balaban J connectivity index is 1.94. The Morgan fingerprint density at radius 1 is 1.25 bits per heavy atom. The Morgan fingerprint density at radius 3 is 2.54 bits per heavy atom. The fourth-order valence-electron chi connectivity index (χ4n) is 4.04. The van der Waals surface area contributed by atoms with E-state index in [0.29, 0.717) is 6.42 Å². The first-order chi connectivity index (χ1) is 13.0. The second-order valence-electron chi connectivity index (χ2n) is 8.36. The summed E-state index contributed by atoms with van der Waals surface area (Å²) in [4.78, 5) is 38.2. The SMILES string of the molecule is COC(=O)CC(=O)C1C2CC2(c2cc(F)ccc2F)CN1C(=O)OC(C)(C)C. The Hall–Kier alpha value is -2.51. The number of esters is 1. The van der Waals surface area contributed by atoms with E-state index in [9.17, 15) is 23.2 Å². The molecule has 152 valence electrons. The van der Waals surface area contributed by atoms with Gasteiger partial charge >= 0.3 is 12.1 Å². The lowest BCUT2D eigenvalue weighted by atomic mass is 9.93. The van der Waals surface area contributed by atoms with E-state index < -0.39 is 58.9 Å². The average Bonchev–Trinajstić information content (AvgIpc) is 3.20. The lowest BCUT2D eigenvalue weighted by Crippen LogP contribution is -2.46. The minimum absolute atomic E-state index is 0.0184. The van der Waals surface area contributed by atoms with Gasteiger partial charge in [-0.1, -0.05) is 0 Å². The molecule has 1 aromatic rings. The van der Waals surface area contributed by atoms with E-state index in [1.54, 1.807) is 20.8 Å². The van der Waals surface area contributed by atoms with Crippen LogP contribution in [0.15, 0.2) is 18.2 Å². The van der Waals surface area contributed by atoms with Crippen LogP contribution in [0.4, 0.5) is 13.6 Å². The number of fused-ring (bicyclic) bond motifs is 1. The van der Waals surface area contributed by atoms with Gasteiger partial charge in [0, 0.05) is 12.0 Å². The van der Waals surface area contributed by atoms with Crippen molar-refractivity contribution in [1.82, 2.24) is 4.90 Å². The van der Waals surface area contributed by atoms with Crippen molar-refractivity contribution in [3.05, 3.63) is 35.4 Å². The second-order valence-corrected chi connectivity index (χ2v) is 8.36. The molecular weight excluding hydrogens is 372 g/mol. The Bertz CT molecular complexity index is 834. The van der Waals surface area contributed by atoms with Crippen molar-refractivity contribution >= 4 is 17.8 Å². The summed E-state index contributed by atoms with van der Waals surface area (Å²) in [5.41, 5.74) is -1.52. The van der Waals surface area contributed by atoms with Crippen molar-refractivity contribution in [2.75, 3.05) is 13.7 Å². The molecule has 0 N–H and O–H groups in total. The summed E-state index contributed by atoms with van der Waals surface area (Å²) < 4.78 is 38.1. The molecule has 1 aliphatic carbocycles. The topological polar surface area (TPSA) is 72.9 Å². The van der Waals surface area contributed by atoms with Crippen molar-refractivity contribution in [3.8, 4) is 0 Å². The summed E-state index contributed by atoms with van der Waals surface area (Å²) >= 11 is 0. The Labute approximate surface area is 161 Å². The zero-order valence-electron chi connectivity index (χ0n) is 16.3. The molecule has 2 aliphatic rings. The molecular formula is C20H23F2NO5. The number of methoxy groups -OCH3 is 1. The van der Waals surface area contributed by atoms with Crippen LogP contribution >= 0.6 is 0 Å². The highest BCUT2D eigenvalue weighted by Gasteiger charge is 2.69. The van der Waals surface area contributed by atoms with E-state index in [-0.39, 0.29) is 12.1 Å². The van der Waals surface area contributed by atoms with Gasteiger partial charge < -0.3 is 9.47 Å². The smallest absolute Gasteiger partial charge is 0.410 e. The third kappa shape index (κ3) is 3.59. The summed E-state index contributed by atoms with van der Waals surface area (Å²) in [5, 5.41) is 0. The van der Waals surface area contributed by atoms with Gasteiger partial charge in [-0.05, 0) is 56.9 Å². The number of rotatable bonds is 4. The molecule has 28 heavy (non-hydrogen) atoms. The van der Waals surface area contributed by atoms with Crippen LogP contribution in [-0.2, 0) is 24.5 Å². The molecule has 0 bridgehead atoms. The summed E-state index contributed by atoms with van der Waals surface area (Å²) in [6, 6.07) is 2.22. The fraction of sp³-hybridized carbons (Fsp3) is 0.550. The Morgan fingerprint density at radius 2 is 1.93 bits per heavy atom. The molecule has 3 atom stereocenters. The van der Waals surface area contributed by atoms with E-state index in [0.717, 1.165) is 18.2 Å². The van der Waals surface area contributed by atoms with Gasteiger partial charge in [0.15, 0.2) is 5.78 Å². The van der Waals surface area contributed by atoms with E-state index in [4.69, 9.17) is 4.74 Å².